The van der Waals surface area contributed by atoms with E-state index in [1.807, 2.05) is 24.5 Å². The minimum Gasteiger partial charge on any atom is -0.342 e. The Bertz CT molecular complexity index is 688. The van der Waals surface area contributed by atoms with Crippen LogP contribution in [0.5, 0.6) is 0 Å². The average Bonchev–Trinajstić information content (AvgIpc) is 2.86. The first-order chi connectivity index (χ1) is 9.81. The molecule has 0 aliphatic heterocycles. The molecule has 0 saturated heterocycles. The SMILES string of the molecule is Cc1ccc2nc(CCNCc3ccncc3)[nH]c2c1. The standard InChI is InChI=1S/C16H18N4/c1-12-2-3-14-15(10-12)20-16(19-14)6-9-18-11-13-4-7-17-8-5-13/h2-5,7-8,10,18H,6,9,11H2,1H3,(H,19,20). The number of aryl methyl sites for hydroxylation is 1. The predicted octanol–water partition coefficient (Wildman–Crippen LogP) is 2.60. The van der Waals surface area contributed by atoms with Crippen LogP contribution in [0.4, 0.5) is 0 Å². The lowest BCUT2D eigenvalue weighted by Gasteiger charge is -2.02. The Morgan fingerprint density at radius 1 is 1.15 bits per heavy atom. The van der Waals surface area contributed by atoms with E-state index in [0.717, 1.165) is 36.4 Å². The number of nitrogens with one attached hydrogen (secondary N) is 2. The van der Waals surface area contributed by atoms with Crippen LogP contribution in [-0.2, 0) is 13.0 Å². The van der Waals surface area contributed by atoms with Gasteiger partial charge in [0.05, 0.1) is 11.0 Å². The number of H-pyrrole nitrogens is 1. The van der Waals surface area contributed by atoms with Gasteiger partial charge in [-0.25, -0.2) is 4.98 Å². The number of rotatable bonds is 5. The van der Waals surface area contributed by atoms with Gasteiger partial charge in [0.15, 0.2) is 0 Å². The van der Waals surface area contributed by atoms with Gasteiger partial charge in [-0.15, -0.1) is 0 Å². The number of hydrogen-bond donors (Lipinski definition) is 2. The Balaban J connectivity index is 1.55. The highest BCUT2D eigenvalue weighted by Gasteiger charge is 2.02. The summed E-state index contributed by atoms with van der Waals surface area (Å²) < 4.78 is 0. The van der Waals surface area contributed by atoms with Gasteiger partial charge < -0.3 is 10.3 Å². The number of fused-ring (bicyclic) bond motifs is 1. The molecule has 0 saturated carbocycles. The van der Waals surface area contributed by atoms with Crippen LogP contribution >= 0.6 is 0 Å². The molecule has 2 N–H and O–H groups in total. The van der Waals surface area contributed by atoms with Gasteiger partial charge in [-0.1, -0.05) is 6.07 Å². The van der Waals surface area contributed by atoms with Crippen molar-refractivity contribution in [2.75, 3.05) is 6.54 Å². The first kappa shape index (κ1) is 12.8. The summed E-state index contributed by atoms with van der Waals surface area (Å²) in [5.74, 6) is 1.04. The Morgan fingerprint density at radius 2 is 2.00 bits per heavy atom. The summed E-state index contributed by atoms with van der Waals surface area (Å²) in [6, 6.07) is 10.3. The molecule has 0 radical (unpaired) electrons. The van der Waals surface area contributed by atoms with Crippen LogP contribution in [0.1, 0.15) is 17.0 Å². The van der Waals surface area contributed by atoms with Crippen molar-refractivity contribution in [2.24, 2.45) is 0 Å². The Hall–Kier alpha value is -2.20. The first-order valence-electron chi connectivity index (χ1n) is 6.86. The Kier molecular flexibility index (Phi) is 3.74. The zero-order valence-corrected chi connectivity index (χ0v) is 11.6. The van der Waals surface area contributed by atoms with Crippen LogP contribution in [-0.4, -0.2) is 21.5 Å². The zero-order chi connectivity index (χ0) is 13.8. The molecule has 4 heteroatoms. The zero-order valence-electron chi connectivity index (χ0n) is 11.6. The maximum atomic E-state index is 4.59. The van der Waals surface area contributed by atoms with E-state index in [-0.39, 0.29) is 0 Å². The molecule has 20 heavy (non-hydrogen) atoms. The molecule has 0 spiro atoms. The monoisotopic (exact) mass is 266 g/mol. The predicted molar refractivity (Wildman–Crippen MR) is 80.5 cm³/mol. The quantitative estimate of drug-likeness (QED) is 0.698. The lowest BCUT2D eigenvalue weighted by molar-refractivity contribution is 0.674. The van der Waals surface area contributed by atoms with E-state index in [9.17, 15) is 0 Å². The van der Waals surface area contributed by atoms with Gasteiger partial charge in [0, 0.05) is 31.9 Å². The van der Waals surface area contributed by atoms with Crippen molar-refractivity contribution in [1.29, 1.82) is 0 Å². The largest absolute Gasteiger partial charge is 0.342 e. The average molecular weight is 266 g/mol. The van der Waals surface area contributed by atoms with Gasteiger partial charge in [-0.3, -0.25) is 4.98 Å². The van der Waals surface area contributed by atoms with Crippen molar-refractivity contribution in [1.82, 2.24) is 20.3 Å². The van der Waals surface area contributed by atoms with E-state index < -0.39 is 0 Å². The van der Waals surface area contributed by atoms with Crippen molar-refractivity contribution in [3.05, 3.63) is 59.7 Å². The third-order valence-electron chi connectivity index (χ3n) is 3.30. The fraction of sp³-hybridized carbons (Fsp3) is 0.250. The Labute approximate surface area is 118 Å². The van der Waals surface area contributed by atoms with Gasteiger partial charge in [-0.05, 0) is 42.3 Å². The van der Waals surface area contributed by atoms with Crippen LogP contribution in [0, 0.1) is 6.92 Å². The van der Waals surface area contributed by atoms with Gasteiger partial charge in [-0.2, -0.15) is 0 Å². The number of benzene rings is 1. The molecule has 4 nitrogen and oxygen atoms in total. The van der Waals surface area contributed by atoms with E-state index in [0.29, 0.717) is 0 Å². The number of aromatic amines is 1. The molecule has 0 aliphatic rings. The Morgan fingerprint density at radius 3 is 2.85 bits per heavy atom. The highest BCUT2D eigenvalue weighted by Crippen LogP contribution is 2.13. The topological polar surface area (TPSA) is 53.6 Å². The van der Waals surface area contributed by atoms with Gasteiger partial charge >= 0.3 is 0 Å². The summed E-state index contributed by atoms with van der Waals surface area (Å²) in [4.78, 5) is 12.0. The second-order valence-corrected chi connectivity index (χ2v) is 4.99. The third-order valence-corrected chi connectivity index (χ3v) is 3.30. The van der Waals surface area contributed by atoms with Crippen molar-refractivity contribution in [3.63, 3.8) is 0 Å². The molecule has 2 heterocycles. The molecule has 0 atom stereocenters. The van der Waals surface area contributed by atoms with Crippen molar-refractivity contribution in [3.8, 4) is 0 Å². The van der Waals surface area contributed by atoms with Crippen LogP contribution in [0.25, 0.3) is 11.0 Å². The molecule has 3 rings (SSSR count). The number of pyridine rings is 1. The number of aromatic nitrogens is 3. The normalized spacial score (nSPS) is 11.1. The summed E-state index contributed by atoms with van der Waals surface area (Å²) in [7, 11) is 0. The summed E-state index contributed by atoms with van der Waals surface area (Å²) in [6.07, 6.45) is 4.54. The molecule has 0 aliphatic carbocycles. The molecule has 0 unspecified atom stereocenters. The molecule has 3 aromatic rings. The minimum atomic E-state index is 0.863. The summed E-state index contributed by atoms with van der Waals surface area (Å²) in [6.45, 7) is 3.86. The smallest absolute Gasteiger partial charge is 0.108 e. The molecule has 0 fully saturated rings. The van der Waals surface area contributed by atoms with E-state index in [1.165, 1.54) is 11.1 Å². The minimum absolute atomic E-state index is 0.863. The lowest BCUT2D eigenvalue weighted by atomic mass is 10.2. The number of nitrogens with zero attached hydrogens (tertiary/aromatic N) is 2. The second kappa shape index (κ2) is 5.84. The van der Waals surface area contributed by atoms with Crippen molar-refractivity contribution >= 4 is 11.0 Å². The molecule has 0 bridgehead atoms. The van der Waals surface area contributed by atoms with Gasteiger partial charge in [0.25, 0.3) is 0 Å². The van der Waals surface area contributed by atoms with E-state index in [4.69, 9.17) is 0 Å². The fourth-order valence-corrected chi connectivity index (χ4v) is 2.23. The molecule has 1 aromatic carbocycles. The van der Waals surface area contributed by atoms with Crippen LogP contribution in [0.3, 0.4) is 0 Å². The summed E-state index contributed by atoms with van der Waals surface area (Å²) >= 11 is 0. The molecule has 0 amide bonds. The highest BCUT2D eigenvalue weighted by atomic mass is 14.9. The summed E-state index contributed by atoms with van der Waals surface area (Å²) in [5.41, 5.74) is 4.66. The van der Waals surface area contributed by atoms with E-state index >= 15 is 0 Å². The molecule has 2 aromatic heterocycles. The third kappa shape index (κ3) is 3.03. The highest BCUT2D eigenvalue weighted by molar-refractivity contribution is 5.75. The molecular weight excluding hydrogens is 248 g/mol. The lowest BCUT2D eigenvalue weighted by Crippen LogP contribution is -2.17. The van der Waals surface area contributed by atoms with Crippen molar-refractivity contribution < 1.29 is 0 Å². The van der Waals surface area contributed by atoms with Crippen molar-refractivity contribution in [2.45, 2.75) is 19.9 Å². The van der Waals surface area contributed by atoms with E-state index in [2.05, 4.69) is 45.4 Å². The number of hydrogen-bond acceptors (Lipinski definition) is 3. The summed E-state index contributed by atoms with van der Waals surface area (Å²) in [5, 5.41) is 3.42. The van der Waals surface area contributed by atoms with Crippen LogP contribution in [0.15, 0.2) is 42.7 Å². The fourth-order valence-electron chi connectivity index (χ4n) is 2.23. The van der Waals surface area contributed by atoms with Crippen LogP contribution < -0.4 is 5.32 Å². The second-order valence-electron chi connectivity index (χ2n) is 4.99. The van der Waals surface area contributed by atoms with Gasteiger partial charge in [0.1, 0.15) is 5.82 Å². The maximum Gasteiger partial charge on any atom is 0.108 e. The van der Waals surface area contributed by atoms with E-state index in [1.54, 1.807) is 0 Å². The molecule has 102 valence electrons. The molecular formula is C16H18N4. The first-order valence-corrected chi connectivity index (χ1v) is 6.86. The number of imidazole rings is 1. The van der Waals surface area contributed by atoms with Gasteiger partial charge in [0.2, 0.25) is 0 Å². The maximum absolute atomic E-state index is 4.59. The van der Waals surface area contributed by atoms with Crippen LogP contribution in [0.2, 0.25) is 0 Å².